The molecule has 0 aliphatic carbocycles. The number of carbonyl (C=O) groups excluding carboxylic acids is 1. The van der Waals surface area contributed by atoms with Crippen LogP contribution in [0.15, 0.2) is 22.9 Å². The molecule has 0 radical (unpaired) electrons. The van der Waals surface area contributed by atoms with Gasteiger partial charge in [-0.15, -0.1) is 0 Å². The van der Waals surface area contributed by atoms with Crippen molar-refractivity contribution in [3.8, 4) is 5.75 Å². The number of hydrogen-bond acceptors (Lipinski definition) is 3. The van der Waals surface area contributed by atoms with Gasteiger partial charge in [0.25, 0.3) is 0 Å². The SMILES string of the molecule is COc1ccn2c(Br)c(CC(=O)NC(C)C)nc2c1. The average molecular weight is 326 g/mol. The van der Waals surface area contributed by atoms with Crippen molar-refractivity contribution in [3.63, 3.8) is 0 Å². The summed E-state index contributed by atoms with van der Waals surface area (Å²) in [5, 5.41) is 2.85. The maximum Gasteiger partial charge on any atom is 0.226 e. The van der Waals surface area contributed by atoms with E-state index in [2.05, 4.69) is 26.2 Å². The third kappa shape index (κ3) is 3.07. The lowest BCUT2D eigenvalue weighted by Gasteiger charge is -2.06. The van der Waals surface area contributed by atoms with E-state index in [1.807, 2.05) is 36.6 Å². The highest BCUT2D eigenvalue weighted by Gasteiger charge is 2.14. The third-order valence-corrected chi connectivity index (χ3v) is 3.46. The Kier molecular flexibility index (Phi) is 4.09. The lowest BCUT2D eigenvalue weighted by atomic mass is 10.3. The van der Waals surface area contributed by atoms with Crippen LogP contribution in [0, 0.1) is 0 Å². The van der Waals surface area contributed by atoms with Gasteiger partial charge in [0.15, 0.2) is 0 Å². The number of hydrogen-bond donors (Lipinski definition) is 1. The van der Waals surface area contributed by atoms with E-state index in [9.17, 15) is 4.79 Å². The highest BCUT2D eigenvalue weighted by atomic mass is 79.9. The number of carbonyl (C=O) groups is 1. The molecule has 0 unspecified atom stereocenters. The maximum atomic E-state index is 11.8. The van der Waals surface area contributed by atoms with E-state index < -0.39 is 0 Å². The molecule has 0 atom stereocenters. The average Bonchev–Trinajstić information content (AvgIpc) is 2.64. The second-order valence-corrected chi connectivity index (χ2v) is 5.29. The van der Waals surface area contributed by atoms with Crippen LogP contribution >= 0.6 is 15.9 Å². The van der Waals surface area contributed by atoms with Gasteiger partial charge in [-0.3, -0.25) is 9.20 Å². The normalized spacial score (nSPS) is 11.0. The van der Waals surface area contributed by atoms with E-state index in [1.54, 1.807) is 7.11 Å². The number of nitrogens with one attached hydrogen (secondary N) is 1. The van der Waals surface area contributed by atoms with Gasteiger partial charge in [-0.25, -0.2) is 4.98 Å². The Bertz CT molecular complexity index is 607. The predicted molar refractivity (Wildman–Crippen MR) is 76.4 cm³/mol. The van der Waals surface area contributed by atoms with E-state index in [0.717, 1.165) is 16.0 Å². The summed E-state index contributed by atoms with van der Waals surface area (Å²) < 4.78 is 7.83. The molecule has 0 saturated carbocycles. The minimum absolute atomic E-state index is 0.0360. The Morgan fingerprint density at radius 3 is 2.95 bits per heavy atom. The lowest BCUT2D eigenvalue weighted by molar-refractivity contribution is -0.120. The van der Waals surface area contributed by atoms with Gasteiger partial charge in [-0.2, -0.15) is 0 Å². The summed E-state index contributed by atoms with van der Waals surface area (Å²) in [6.45, 7) is 3.86. The summed E-state index contributed by atoms with van der Waals surface area (Å²) in [5.41, 5.74) is 1.46. The number of amides is 1. The quantitative estimate of drug-likeness (QED) is 0.937. The second kappa shape index (κ2) is 5.61. The molecule has 19 heavy (non-hydrogen) atoms. The van der Waals surface area contributed by atoms with Crippen molar-refractivity contribution >= 4 is 27.5 Å². The summed E-state index contributed by atoms with van der Waals surface area (Å²) in [6.07, 6.45) is 2.11. The maximum absolute atomic E-state index is 11.8. The first kappa shape index (κ1) is 13.9. The summed E-state index contributed by atoms with van der Waals surface area (Å²) in [6, 6.07) is 3.80. The molecule has 0 fully saturated rings. The smallest absolute Gasteiger partial charge is 0.226 e. The number of rotatable bonds is 4. The second-order valence-electron chi connectivity index (χ2n) is 4.54. The van der Waals surface area contributed by atoms with Gasteiger partial charge in [-0.1, -0.05) is 0 Å². The molecule has 2 aromatic heterocycles. The van der Waals surface area contributed by atoms with Crippen molar-refractivity contribution in [1.29, 1.82) is 0 Å². The van der Waals surface area contributed by atoms with Crippen LogP contribution in [0.1, 0.15) is 19.5 Å². The molecule has 102 valence electrons. The number of halogens is 1. The Morgan fingerprint density at radius 1 is 1.58 bits per heavy atom. The largest absolute Gasteiger partial charge is 0.497 e. The highest BCUT2D eigenvalue weighted by Crippen LogP contribution is 2.22. The minimum atomic E-state index is -0.0360. The molecule has 2 heterocycles. The van der Waals surface area contributed by atoms with Crippen LogP contribution < -0.4 is 10.1 Å². The van der Waals surface area contributed by atoms with Crippen molar-refractivity contribution < 1.29 is 9.53 Å². The summed E-state index contributed by atoms with van der Waals surface area (Å²) in [7, 11) is 1.61. The van der Waals surface area contributed by atoms with Gasteiger partial charge < -0.3 is 10.1 Å². The molecule has 0 aliphatic heterocycles. The molecule has 2 aromatic rings. The Balaban J connectivity index is 2.29. The summed E-state index contributed by atoms with van der Waals surface area (Å²) in [5.74, 6) is 0.703. The molecule has 0 saturated heterocycles. The van der Waals surface area contributed by atoms with Crippen LogP contribution in [-0.4, -0.2) is 28.4 Å². The number of fused-ring (bicyclic) bond motifs is 1. The Morgan fingerprint density at radius 2 is 2.32 bits per heavy atom. The molecule has 0 aromatic carbocycles. The number of nitrogens with zero attached hydrogens (tertiary/aromatic N) is 2. The molecular formula is C13H16BrN3O2. The van der Waals surface area contributed by atoms with Gasteiger partial charge in [0.1, 0.15) is 16.0 Å². The first-order chi connectivity index (χ1) is 9.01. The van der Waals surface area contributed by atoms with E-state index >= 15 is 0 Å². The topological polar surface area (TPSA) is 55.6 Å². The fraction of sp³-hybridized carbons (Fsp3) is 0.385. The van der Waals surface area contributed by atoms with Crippen molar-refractivity contribution in [1.82, 2.24) is 14.7 Å². The van der Waals surface area contributed by atoms with Gasteiger partial charge in [-0.05, 0) is 35.8 Å². The number of aromatic nitrogens is 2. The van der Waals surface area contributed by atoms with Crippen molar-refractivity contribution in [2.24, 2.45) is 0 Å². The fourth-order valence-electron chi connectivity index (χ4n) is 1.81. The third-order valence-electron chi connectivity index (χ3n) is 2.62. The van der Waals surface area contributed by atoms with Crippen LogP contribution in [0.4, 0.5) is 0 Å². The molecule has 2 rings (SSSR count). The molecule has 0 aliphatic rings. The monoisotopic (exact) mass is 325 g/mol. The van der Waals surface area contributed by atoms with Crippen LogP contribution in [0.5, 0.6) is 5.75 Å². The lowest BCUT2D eigenvalue weighted by Crippen LogP contribution is -2.31. The van der Waals surface area contributed by atoms with Gasteiger partial charge in [0.2, 0.25) is 5.91 Å². The van der Waals surface area contributed by atoms with Crippen molar-refractivity contribution in [2.75, 3.05) is 7.11 Å². The number of pyridine rings is 1. The Hall–Kier alpha value is -1.56. The van der Waals surface area contributed by atoms with Gasteiger partial charge >= 0.3 is 0 Å². The molecule has 5 nitrogen and oxygen atoms in total. The number of methoxy groups -OCH3 is 1. The fourth-order valence-corrected chi connectivity index (χ4v) is 2.34. The van der Waals surface area contributed by atoms with Crippen LogP contribution in [-0.2, 0) is 11.2 Å². The molecular weight excluding hydrogens is 310 g/mol. The van der Waals surface area contributed by atoms with Crippen LogP contribution in [0.3, 0.4) is 0 Å². The van der Waals surface area contributed by atoms with E-state index in [-0.39, 0.29) is 18.4 Å². The summed E-state index contributed by atoms with van der Waals surface area (Å²) in [4.78, 5) is 16.2. The first-order valence-corrected chi connectivity index (χ1v) is 6.80. The highest BCUT2D eigenvalue weighted by molar-refractivity contribution is 9.10. The van der Waals surface area contributed by atoms with Gasteiger partial charge in [0, 0.05) is 18.3 Å². The summed E-state index contributed by atoms with van der Waals surface area (Å²) >= 11 is 3.47. The molecule has 1 N–H and O–H groups in total. The van der Waals surface area contributed by atoms with Gasteiger partial charge in [0.05, 0.1) is 19.2 Å². The number of imidazole rings is 1. The van der Waals surface area contributed by atoms with Crippen LogP contribution in [0.25, 0.3) is 5.65 Å². The van der Waals surface area contributed by atoms with E-state index in [1.165, 1.54) is 0 Å². The Labute approximate surface area is 120 Å². The molecule has 0 bridgehead atoms. The molecule has 0 spiro atoms. The molecule has 6 heteroatoms. The standard InChI is InChI=1S/C13H16BrN3O2/c1-8(2)15-12(18)7-10-13(14)17-5-4-9(19-3)6-11(17)16-10/h4-6,8H,7H2,1-3H3,(H,15,18). The van der Waals surface area contributed by atoms with Crippen molar-refractivity contribution in [2.45, 2.75) is 26.3 Å². The van der Waals surface area contributed by atoms with E-state index in [4.69, 9.17) is 4.74 Å². The van der Waals surface area contributed by atoms with E-state index in [0.29, 0.717) is 5.69 Å². The molecule has 1 amide bonds. The zero-order valence-corrected chi connectivity index (χ0v) is 12.7. The van der Waals surface area contributed by atoms with Crippen LogP contribution in [0.2, 0.25) is 0 Å². The first-order valence-electron chi connectivity index (χ1n) is 6.01. The number of ether oxygens (including phenoxy) is 1. The zero-order valence-electron chi connectivity index (χ0n) is 11.1. The van der Waals surface area contributed by atoms with Crippen molar-refractivity contribution in [3.05, 3.63) is 28.6 Å². The predicted octanol–water partition coefficient (Wildman–Crippen LogP) is 2.17. The zero-order chi connectivity index (χ0) is 14.0. The minimum Gasteiger partial charge on any atom is -0.497 e.